The van der Waals surface area contributed by atoms with E-state index < -0.39 is 0 Å². The van der Waals surface area contributed by atoms with Gasteiger partial charge in [-0.3, -0.25) is 4.79 Å². The van der Waals surface area contributed by atoms with Gasteiger partial charge in [0, 0.05) is 41.8 Å². The van der Waals surface area contributed by atoms with Gasteiger partial charge in [-0.05, 0) is 73.2 Å². The molecule has 0 aliphatic carbocycles. The lowest BCUT2D eigenvalue weighted by Gasteiger charge is -2.33. The summed E-state index contributed by atoms with van der Waals surface area (Å²) < 4.78 is 0. The van der Waals surface area contributed by atoms with Crippen molar-refractivity contribution in [1.82, 2.24) is 10.2 Å². The van der Waals surface area contributed by atoms with Crippen LogP contribution < -0.4 is 10.6 Å². The number of hydrogen-bond donors (Lipinski definition) is 2. The van der Waals surface area contributed by atoms with Gasteiger partial charge in [-0.25, -0.2) is 4.79 Å². The Bertz CT molecular complexity index is 1100. The van der Waals surface area contributed by atoms with Crippen LogP contribution in [0.3, 0.4) is 0 Å². The van der Waals surface area contributed by atoms with Gasteiger partial charge >= 0.3 is 6.03 Å². The molecule has 1 aliphatic rings. The molecule has 1 aliphatic heterocycles. The van der Waals surface area contributed by atoms with Crippen LogP contribution in [0.1, 0.15) is 46.7 Å². The predicted octanol–water partition coefficient (Wildman–Crippen LogP) is 6.11. The third-order valence-corrected chi connectivity index (χ3v) is 6.45. The second kappa shape index (κ2) is 11.7. The molecule has 34 heavy (non-hydrogen) atoms. The lowest BCUT2D eigenvalue weighted by molar-refractivity contribution is 0.0953. The van der Waals surface area contributed by atoms with Crippen LogP contribution in [0.25, 0.3) is 0 Å². The van der Waals surface area contributed by atoms with Crippen molar-refractivity contribution in [3.05, 3.63) is 101 Å². The molecule has 3 aromatic carbocycles. The Kier molecular flexibility index (Phi) is 8.21. The van der Waals surface area contributed by atoms with Crippen molar-refractivity contribution in [3.8, 4) is 0 Å². The summed E-state index contributed by atoms with van der Waals surface area (Å²) in [6.45, 7) is 1.99. The molecule has 0 aromatic heterocycles. The minimum absolute atomic E-state index is 0.0527. The van der Waals surface area contributed by atoms with E-state index in [4.69, 9.17) is 11.6 Å². The van der Waals surface area contributed by atoms with E-state index in [1.54, 1.807) is 24.3 Å². The summed E-state index contributed by atoms with van der Waals surface area (Å²) in [6.07, 6.45) is 3.76. The summed E-state index contributed by atoms with van der Waals surface area (Å²) in [7, 11) is 0. The second-order valence-electron chi connectivity index (χ2n) is 8.69. The van der Waals surface area contributed by atoms with Crippen molar-refractivity contribution in [2.24, 2.45) is 0 Å². The molecule has 0 bridgehead atoms. The van der Waals surface area contributed by atoms with E-state index in [1.807, 2.05) is 41.3 Å². The van der Waals surface area contributed by atoms with Crippen LogP contribution >= 0.6 is 11.6 Å². The number of piperidine rings is 1. The summed E-state index contributed by atoms with van der Waals surface area (Å²) in [5, 5.41) is 6.62. The number of nitrogens with zero attached hydrogens (tertiary/aromatic N) is 1. The minimum Gasteiger partial charge on any atom is -0.352 e. The van der Waals surface area contributed by atoms with Crippen molar-refractivity contribution < 1.29 is 9.59 Å². The van der Waals surface area contributed by atoms with Gasteiger partial charge in [-0.2, -0.15) is 0 Å². The zero-order chi connectivity index (χ0) is 23.8. The number of aryl methyl sites for hydroxylation is 1. The van der Waals surface area contributed by atoms with Gasteiger partial charge in [0.25, 0.3) is 5.91 Å². The Morgan fingerprint density at radius 2 is 1.76 bits per heavy atom. The van der Waals surface area contributed by atoms with Crippen LogP contribution in [0, 0.1) is 0 Å². The van der Waals surface area contributed by atoms with Crippen molar-refractivity contribution in [1.29, 1.82) is 0 Å². The van der Waals surface area contributed by atoms with Gasteiger partial charge in [-0.1, -0.05) is 54.1 Å². The molecule has 4 rings (SSSR count). The molecule has 0 spiro atoms. The monoisotopic (exact) mass is 475 g/mol. The highest BCUT2D eigenvalue weighted by Crippen LogP contribution is 2.28. The Labute approximate surface area is 206 Å². The van der Waals surface area contributed by atoms with Crippen molar-refractivity contribution in [3.63, 3.8) is 0 Å². The van der Waals surface area contributed by atoms with Crippen LogP contribution in [-0.4, -0.2) is 36.5 Å². The van der Waals surface area contributed by atoms with Crippen molar-refractivity contribution >= 4 is 29.2 Å². The maximum atomic E-state index is 12.8. The van der Waals surface area contributed by atoms with Crippen LogP contribution in [0.15, 0.2) is 78.9 Å². The maximum Gasteiger partial charge on any atom is 0.321 e. The first kappa shape index (κ1) is 23.8. The number of likely N-dealkylation sites (tertiary alicyclic amines) is 1. The van der Waals surface area contributed by atoms with Gasteiger partial charge in [0.05, 0.1) is 0 Å². The molecule has 1 atom stereocenters. The number of benzene rings is 3. The van der Waals surface area contributed by atoms with Gasteiger partial charge in [0.15, 0.2) is 0 Å². The molecule has 3 amide bonds. The second-order valence-corrected chi connectivity index (χ2v) is 9.13. The zero-order valence-corrected chi connectivity index (χ0v) is 19.9. The van der Waals surface area contributed by atoms with Crippen LogP contribution in [0.5, 0.6) is 0 Å². The van der Waals surface area contributed by atoms with E-state index in [2.05, 4.69) is 28.8 Å². The average Bonchev–Trinajstić information content (AvgIpc) is 2.88. The molecule has 1 fully saturated rings. The predicted molar refractivity (Wildman–Crippen MR) is 138 cm³/mol. The quantitative estimate of drug-likeness (QED) is 0.405. The number of urea groups is 1. The summed E-state index contributed by atoms with van der Waals surface area (Å²) in [6, 6.07) is 25.1. The van der Waals surface area contributed by atoms with E-state index in [0.717, 1.165) is 43.5 Å². The molecule has 0 radical (unpaired) electrons. The summed E-state index contributed by atoms with van der Waals surface area (Å²) >= 11 is 5.93. The number of hydrogen-bond acceptors (Lipinski definition) is 2. The zero-order valence-electron chi connectivity index (χ0n) is 19.2. The number of carbonyl (C=O) groups is 2. The molecular formula is C28H30ClN3O2. The summed E-state index contributed by atoms with van der Waals surface area (Å²) in [5.74, 6) is 0.151. The van der Waals surface area contributed by atoms with Gasteiger partial charge in [0.2, 0.25) is 0 Å². The lowest BCUT2D eigenvalue weighted by atomic mass is 9.89. The van der Waals surface area contributed by atoms with Crippen LogP contribution in [0.4, 0.5) is 10.5 Å². The van der Waals surface area contributed by atoms with E-state index in [-0.39, 0.29) is 17.9 Å². The standard InChI is InChI=1S/C28H30ClN3O2/c29-25-13-15-26(16-14-25)31-28(34)32-18-6-12-24(20-32)22-10-4-11-23(19-22)27(33)30-17-5-9-21-7-2-1-3-8-21/h1-4,7-8,10-11,13-16,19,24H,5-6,9,12,17-18,20H2,(H,30,33)(H,31,34). The highest BCUT2D eigenvalue weighted by molar-refractivity contribution is 6.30. The highest BCUT2D eigenvalue weighted by atomic mass is 35.5. The Morgan fingerprint density at radius 3 is 2.56 bits per heavy atom. The third-order valence-electron chi connectivity index (χ3n) is 6.19. The van der Waals surface area contributed by atoms with Crippen molar-refractivity contribution in [2.75, 3.05) is 25.0 Å². The van der Waals surface area contributed by atoms with Crippen molar-refractivity contribution in [2.45, 2.75) is 31.6 Å². The number of amides is 3. The fourth-order valence-corrected chi connectivity index (χ4v) is 4.47. The van der Waals surface area contributed by atoms with Gasteiger partial charge in [0.1, 0.15) is 0 Å². The molecule has 3 aromatic rings. The highest BCUT2D eigenvalue weighted by Gasteiger charge is 2.25. The molecule has 1 saturated heterocycles. The van der Waals surface area contributed by atoms with Crippen LogP contribution in [0.2, 0.25) is 5.02 Å². The summed E-state index contributed by atoms with van der Waals surface area (Å²) in [5.41, 5.74) is 3.77. The number of nitrogens with one attached hydrogen (secondary N) is 2. The fraction of sp³-hybridized carbons (Fsp3) is 0.286. The molecule has 2 N–H and O–H groups in total. The number of rotatable bonds is 7. The fourth-order valence-electron chi connectivity index (χ4n) is 4.34. The molecule has 1 unspecified atom stereocenters. The molecular weight excluding hydrogens is 446 g/mol. The molecule has 6 heteroatoms. The Hall–Kier alpha value is -3.31. The largest absolute Gasteiger partial charge is 0.352 e. The van der Waals surface area contributed by atoms with E-state index in [0.29, 0.717) is 23.7 Å². The Morgan fingerprint density at radius 1 is 0.971 bits per heavy atom. The first-order valence-electron chi connectivity index (χ1n) is 11.8. The summed E-state index contributed by atoms with van der Waals surface area (Å²) in [4.78, 5) is 27.3. The smallest absolute Gasteiger partial charge is 0.321 e. The minimum atomic E-state index is -0.112. The van der Waals surface area contributed by atoms with E-state index in [9.17, 15) is 9.59 Å². The molecule has 176 valence electrons. The van der Waals surface area contributed by atoms with E-state index >= 15 is 0 Å². The number of anilines is 1. The topological polar surface area (TPSA) is 61.4 Å². The maximum absolute atomic E-state index is 12.8. The molecule has 1 heterocycles. The SMILES string of the molecule is O=C(NCCCc1ccccc1)c1cccc(C2CCCN(C(=O)Nc3ccc(Cl)cc3)C2)c1. The average molecular weight is 476 g/mol. The molecule has 0 saturated carbocycles. The van der Waals surface area contributed by atoms with Gasteiger partial charge in [-0.15, -0.1) is 0 Å². The first-order chi connectivity index (χ1) is 16.6. The van der Waals surface area contributed by atoms with Gasteiger partial charge < -0.3 is 15.5 Å². The molecule has 5 nitrogen and oxygen atoms in total. The van der Waals surface area contributed by atoms with E-state index in [1.165, 1.54) is 5.56 Å². The lowest BCUT2D eigenvalue weighted by Crippen LogP contribution is -2.41. The van der Waals surface area contributed by atoms with Crippen LogP contribution in [-0.2, 0) is 6.42 Å². The first-order valence-corrected chi connectivity index (χ1v) is 12.2. The normalized spacial score (nSPS) is 15.6. The Balaban J connectivity index is 1.30. The number of halogens is 1. The third kappa shape index (κ3) is 6.61. The number of carbonyl (C=O) groups excluding carboxylic acids is 2.